The van der Waals surface area contributed by atoms with Crippen LogP contribution >= 0.6 is 0 Å². The van der Waals surface area contributed by atoms with Gasteiger partial charge in [0.05, 0.1) is 5.60 Å². The molecule has 0 amide bonds. The van der Waals surface area contributed by atoms with E-state index in [0.29, 0.717) is 10.8 Å². The summed E-state index contributed by atoms with van der Waals surface area (Å²) in [5.41, 5.74) is 1.31. The quantitative estimate of drug-likeness (QED) is 0.605. The largest absolute Gasteiger partial charge is 0.375 e. The van der Waals surface area contributed by atoms with Crippen molar-refractivity contribution < 1.29 is 4.74 Å². The molecule has 4 atom stereocenters. The van der Waals surface area contributed by atoms with Crippen LogP contribution in [-0.2, 0) is 4.74 Å². The average Bonchev–Trinajstić information content (AvgIpc) is 2.60. The van der Waals surface area contributed by atoms with E-state index in [1.807, 2.05) is 0 Å². The Morgan fingerprint density at radius 3 is 2.41 bits per heavy atom. The van der Waals surface area contributed by atoms with Crippen LogP contribution in [0.4, 0.5) is 0 Å². The Morgan fingerprint density at radius 2 is 1.65 bits per heavy atom. The number of fused-ring (bicyclic) bond motifs is 3. The highest BCUT2D eigenvalue weighted by Gasteiger charge is 2.60. The summed E-state index contributed by atoms with van der Waals surface area (Å²) in [6, 6.07) is 0. The van der Waals surface area contributed by atoms with Gasteiger partial charge in [0, 0.05) is 6.61 Å². The fraction of sp³-hybridized carbons (Fsp3) is 1.00. The van der Waals surface area contributed by atoms with E-state index in [2.05, 4.69) is 27.7 Å². The number of ether oxygens (including phenoxy) is 1. The van der Waals surface area contributed by atoms with E-state index in [4.69, 9.17) is 4.74 Å². The van der Waals surface area contributed by atoms with E-state index in [1.165, 1.54) is 38.5 Å². The molecule has 3 fully saturated rings. The van der Waals surface area contributed by atoms with E-state index >= 15 is 0 Å². The van der Waals surface area contributed by atoms with Crippen molar-refractivity contribution in [1.29, 1.82) is 0 Å². The van der Waals surface area contributed by atoms with Crippen LogP contribution in [0.3, 0.4) is 0 Å². The molecule has 1 saturated heterocycles. The van der Waals surface area contributed by atoms with Crippen LogP contribution in [0.15, 0.2) is 0 Å². The third-order valence-electron chi connectivity index (χ3n) is 6.58. The molecule has 0 radical (unpaired) electrons. The highest BCUT2D eigenvalue weighted by Crippen LogP contribution is 2.64. The highest BCUT2D eigenvalue weighted by molar-refractivity contribution is 5.09. The van der Waals surface area contributed by atoms with Gasteiger partial charge in [0.1, 0.15) is 0 Å². The zero-order chi connectivity index (χ0) is 12.3. The smallest absolute Gasteiger partial charge is 0.0688 e. The van der Waals surface area contributed by atoms with E-state index in [-0.39, 0.29) is 5.60 Å². The molecule has 1 heterocycles. The molecular weight excluding hydrogens is 208 g/mol. The van der Waals surface area contributed by atoms with Crippen molar-refractivity contribution in [2.24, 2.45) is 22.7 Å². The first-order valence-corrected chi connectivity index (χ1v) is 7.52. The van der Waals surface area contributed by atoms with Crippen molar-refractivity contribution in [2.75, 3.05) is 6.61 Å². The first-order valence-electron chi connectivity index (χ1n) is 7.52. The highest BCUT2D eigenvalue weighted by atomic mass is 16.5. The molecule has 0 aromatic rings. The summed E-state index contributed by atoms with van der Waals surface area (Å²) in [6.07, 6.45) is 8.27. The predicted molar refractivity (Wildman–Crippen MR) is 70.9 cm³/mol. The molecule has 1 aliphatic heterocycles. The van der Waals surface area contributed by atoms with Gasteiger partial charge < -0.3 is 4.74 Å². The van der Waals surface area contributed by atoms with Crippen molar-refractivity contribution >= 4 is 0 Å². The van der Waals surface area contributed by atoms with Crippen molar-refractivity contribution in [3.05, 3.63) is 0 Å². The molecule has 1 nitrogen and oxygen atoms in total. The second kappa shape index (κ2) is 3.50. The van der Waals surface area contributed by atoms with Gasteiger partial charge in [0.25, 0.3) is 0 Å². The topological polar surface area (TPSA) is 9.23 Å². The van der Waals surface area contributed by atoms with Crippen LogP contribution < -0.4 is 0 Å². The minimum absolute atomic E-state index is 0.207. The number of hydrogen-bond donors (Lipinski definition) is 0. The Labute approximate surface area is 106 Å². The maximum atomic E-state index is 6.13. The molecule has 17 heavy (non-hydrogen) atoms. The molecule has 0 aromatic carbocycles. The fourth-order valence-electron chi connectivity index (χ4n) is 5.82. The first kappa shape index (κ1) is 12.0. The third kappa shape index (κ3) is 1.54. The summed E-state index contributed by atoms with van der Waals surface area (Å²) in [5, 5.41) is 0. The monoisotopic (exact) mass is 236 g/mol. The minimum Gasteiger partial charge on any atom is -0.375 e. The van der Waals surface area contributed by atoms with Gasteiger partial charge in [-0.1, -0.05) is 27.2 Å². The van der Waals surface area contributed by atoms with Crippen LogP contribution in [-0.4, -0.2) is 12.2 Å². The Balaban J connectivity index is 1.98. The summed E-state index contributed by atoms with van der Waals surface area (Å²) in [6.45, 7) is 11.0. The maximum Gasteiger partial charge on any atom is 0.0688 e. The molecule has 1 unspecified atom stereocenters. The van der Waals surface area contributed by atoms with Crippen LogP contribution in [0.25, 0.3) is 0 Å². The van der Waals surface area contributed by atoms with Gasteiger partial charge in [-0.25, -0.2) is 0 Å². The molecule has 0 spiro atoms. The predicted octanol–water partition coefficient (Wildman–Crippen LogP) is 4.41. The Hall–Kier alpha value is -0.0400. The second-order valence-corrected chi connectivity index (χ2v) is 7.94. The standard InChI is InChI=1S/C16H28O/c1-14(2)8-5-9-15(3)12(14)6-10-16(4)13(15)7-11-17-16/h12-13H,5-11H2,1-4H3/t12-,13?,15-,16+/m1/s1. The molecule has 1 heteroatoms. The van der Waals surface area contributed by atoms with Gasteiger partial charge in [0.2, 0.25) is 0 Å². The van der Waals surface area contributed by atoms with Gasteiger partial charge in [-0.2, -0.15) is 0 Å². The van der Waals surface area contributed by atoms with Gasteiger partial charge in [-0.05, 0) is 61.7 Å². The normalized spacial score (nSPS) is 52.9. The lowest BCUT2D eigenvalue weighted by Gasteiger charge is -2.60. The van der Waals surface area contributed by atoms with E-state index < -0.39 is 0 Å². The Morgan fingerprint density at radius 1 is 0.882 bits per heavy atom. The molecule has 0 aromatic heterocycles. The molecular formula is C16H28O. The van der Waals surface area contributed by atoms with Crippen molar-refractivity contribution in [1.82, 2.24) is 0 Å². The van der Waals surface area contributed by atoms with Crippen LogP contribution in [0.5, 0.6) is 0 Å². The molecule has 3 aliphatic rings. The third-order valence-corrected chi connectivity index (χ3v) is 6.58. The molecule has 0 bridgehead atoms. The van der Waals surface area contributed by atoms with E-state index in [0.717, 1.165) is 18.4 Å². The minimum atomic E-state index is 0.207. The van der Waals surface area contributed by atoms with Crippen molar-refractivity contribution in [2.45, 2.75) is 71.8 Å². The van der Waals surface area contributed by atoms with Crippen LogP contribution in [0.2, 0.25) is 0 Å². The number of rotatable bonds is 0. The fourth-order valence-corrected chi connectivity index (χ4v) is 5.82. The molecule has 0 N–H and O–H groups in total. The van der Waals surface area contributed by atoms with Crippen molar-refractivity contribution in [3.63, 3.8) is 0 Å². The van der Waals surface area contributed by atoms with Crippen molar-refractivity contribution in [3.8, 4) is 0 Å². The molecule has 98 valence electrons. The summed E-state index contributed by atoms with van der Waals surface area (Å²) in [7, 11) is 0. The van der Waals surface area contributed by atoms with Gasteiger partial charge in [-0.3, -0.25) is 0 Å². The van der Waals surface area contributed by atoms with Crippen LogP contribution in [0, 0.1) is 22.7 Å². The number of hydrogen-bond acceptors (Lipinski definition) is 1. The van der Waals surface area contributed by atoms with Gasteiger partial charge >= 0.3 is 0 Å². The average molecular weight is 236 g/mol. The summed E-state index contributed by atoms with van der Waals surface area (Å²) in [5.74, 6) is 1.73. The zero-order valence-electron chi connectivity index (χ0n) is 12.0. The lowest BCUT2D eigenvalue weighted by atomic mass is 9.46. The van der Waals surface area contributed by atoms with Gasteiger partial charge in [0.15, 0.2) is 0 Å². The summed E-state index contributed by atoms with van der Waals surface area (Å²) < 4.78 is 6.13. The lowest BCUT2D eigenvalue weighted by molar-refractivity contribution is -0.147. The Kier molecular flexibility index (Phi) is 2.47. The first-order chi connectivity index (χ1) is 7.89. The SMILES string of the molecule is CC1(C)CCC[C@@]2(C)C3CCO[C@@]3(C)CC[C@H]12. The summed E-state index contributed by atoms with van der Waals surface area (Å²) >= 11 is 0. The zero-order valence-corrected chi connectivity index (χ0v) is 12.0. The second-order valence-electron chi connectivity index (χ2n) is 7.94. The lowest BCUT2D eigenvalue weighted by Crippen LogP contribution is -2.55. The molecule has 2 aliphatic carbocycles. The van der Waals surface area contributed by atoms with E-state index in [9.17, 15) is 0 Å². The van der Waals surface area contributed by atoms with Gasteiger partial charge in [-0.15, -0.1) is 0 Å². The van der Waals surface area contributed by atoms with Crippen LogP contribution in [0.1, 0.15) is 66.2 Å². The Bertz CT molecular complexity index is 317. The maximum absolute atomic E-state index is 6.13. The summed E-state index contributed by atoms with van der Waals surface area (Å²) in [4.78, 5) is 0. The van der Waals surface area contributed by atoms with E-state index in [1.54, 1.807) is 0 Å². The molecule has 2 saturated carbocycles. The molecule has 3 rings (SSSR count).